The first-order valence-corrected chi connectivity index (χ1v) is 9.66. The first kappa shape index (κ1) is 19.7. The minimum absolute atomic E-state index is 0.646. The molecule has 0 spiro atoms. The van der Waals surface area contributed by atoms with Crippen LogP contribution in [-0.2, 0) is 13.6 Å². The fourth-order valence-electron chi connectivity index (χ4n) is 3.05. The molecule has 7 nitrogen and oxygen atoms in total. The number of rotatable bonds is 9. The van der Waals surface area contributed by atoms with E-state index in [0.717, 1.165) is 24.7 Å². The number of piperazine rings is 1. The van der Waals surface area contributed by atoms with Crippen LogP contribution in [0.2, 0.25) is 0 Å². The number of likely N-dealkylation sites (N-methyl/N-ethyl adjacent to an activating group) is 1. The maximum absolute atomic E-state index is 4.64. The van der Waals surface area contributed by atoms with Crippen molar-refractivity contribution in [3.63, 3.8) is 0 Å². The first-order valence-electron chi connectivity index (χ1n) is 9.66. The number of unbranched alkanes of at least 4 members (excludes halogenated alkanes) is 1. The Hall–Kier alpha value is -1.60. The van der Waals surface area contributed by atoms with E-state index >= 15 is 0 Å². The van der Waals surface area contributed by atoms with E-state index in [1.807, 2.05) is 24.0 Å². The topological polar surface area (TPSA) is 60.7 Å². The molecule has 0 amide bonds. The normalized spacial score (nSPS) is 17.0. The second kappa shape index (κ2) is 11.1. The van der Waals surface area contributed by atoms with Gasteiger partial charge < -0.3 is 20.4 Å². The predicted molar refractivity (Wildman–Crippen MR) is 104 cm³/mol. The lowest BCUT2D eigenvalue weighted by Gasteiger charge is -2.34. The molecule has 1 aromatic rings. The zero-order valence-corrected chi connectivity index (χ0v) is 16.2. The monoisotopic (exact) mass is 349 g/mol. The van der Waals surface area contributed by atoms with Crippen LogP contribution in [0.3, 0.4) is 0 Å². The SMILES string of the molecule is CCNC(=NCc1ccnn1C)NCCCCN1CCN(CC)CC1. The number of guanidine groups is 1. The summed E-state index contributed by atoms with van der Waals surface area (Å²) in [6, 6.07) is 2.01. The molecule has 0 aliphatic carbocycles. The molecule has 142 valence electrons. The van der Waals surface area contributed by atoms with E-state index in [1.54, 1.807) is 0 Å². The van der Waals surface area contributed by atoms with Gasteiger partial charge in [0.05, 0.1) is 12.2 Å². The zero-order valence-electron chi connectivity index (χ0n) is 16.2. The van der Waals surface area contributed by atoms with E-state index in [2.05, 4.69) is 44.4 Å². The van der Waals surface area contributed by atoms with E-state index in [0.29, 0.717) is 6.54 Å². The lowest BCUT2D eigenvalue weighted by molar-refractivity contribution is 0.136. The Morgan fingerprint density at radius 1 is 1.12 bits per heavy atom. The van der Waals surface area contributed by atoms with Crippen LogP contribution in [0.5, 0.6) is 0 Å². The molecule has 0 radical (unpaired) electrons. The first-order chi connectivity index (χ1) is 12.2. The molecule has 1 aromatic heterocycles. The Morgan fingerprint density at radius 3 is 2.52 bits per heavy atom. The molecule has 2 heterocycles. The molecule has 1 saturated heterocycles. The van der Waals surface area contributed by atoms with Crippen LogP contribution in [0.25, 0.3) is 0 Å². The number of hydrogen-bond acceptors (Lipinski definition) is 4. The van der Waals surface area contributed by atoms with Crippen molar-refractivity contribution < 1.29 is 0 Å². The molecule has 0 atom stereocenters. The maximum Gasteiger partial charge on any atom is 0.191 e. The van der Waals surface area contributed by atoms with Crippen molar-refractivity contribution >= 4 is 5.96 Å². The number of nitrogens with one attached hydrogen (secondary N) is 2. The molecule has 1 aliphatic rings. The summed E-state index contributed by atoms with van der Waals surface area (Å²) in [5.74, 6) is 0.889. The van der Waals surface area contributed by atoms with Crippen LogP contribution in [-0.4, -0.2) is 77.9 Å². The highest BCUT2D eigenvalue weighted by atomic mass is 15.3. The molecular weight excluding hydrogens is 314 g/mol. The minimum atomic E-state index is 0.646. The lowest BCUT2D eigenvalue weighted by Crippen LogP contribution is -2.46. The quantitative estimate of drug-likeness (QED) is 0.394. The van der Waals surface area contributed by atoms with Gasteiger partial charge in [-0.25, -0.2) is 4.99 Å². The van der Waals surface area contributed by atoms with Gasteiger partial charge in [0.15, 0.2) is 5.96 Å². The molecule has 2 rings (SSSR count). The van der Waals surface area contributed by atoms with E-state index in [1.165, 1.54) is 52.1 Å². The Bertz CT molecular complexity index is 503. The molecule has 0 bridgehead atoms. The van der Waals surface area contributed by atoms with Crippen LogP contribution in [0, 0.1) is 0 Å². The Labute approximate surface area is 152 Å². The summed E-state index contributed by atoms with van der Waals surface area (Å²) >= 11 is 0. The standard InChI is InChI=1S/C18H35N7/c1-4-19-18(21-16-17-8-10-22-23(17)3)20-9-6-7-11-25-14-12-24(5-2)13-15-25/h8,10H,4-7,9,11-16H2,1-3H3,(H2,19,20,21). The number of aryl methyl sites for hydroxylation is 1. The predicted octanol–water partition coefficient (Wildman–Crippen LogP) is 0.893. The Morgan fingerprint density at radius 2 is 1.88 bits per heavy atom. The summed E-state index contributed by atoms with van der Waals surface area (Å²) in [5, 5.41) is 10.9. The van der Waals surface area contributed by atoms with Gasteiger partial charge in [0.1, 0.15) is 0 Å². The van der Waals surface area contributed by atoms with Crippen LogP contribution < -0.4 is 10.6 Å². The van der Waals surface area contributed by atoms with Crippen molar-refractivity contribution in [3.05, 3.63) is 18.0 Å². The molecule has 2 N–H and O–H groups in total. The number of aliphatic imine (C=N–C) groups is 1. The fraction of sp³-hybridized carbons (Fsp3) is 0.778. The van der Waals surface area contributed by atoms with Crippen molar-refractivity contribution in [2.45, 2.75) is 33.2 Å². The second-order valence-corrected chi connectivity index (χ2v) is 6.55. The van der Waals surface area contributed by atoms with E-state index in [-0.39, 0.29) is 0 Å². The summed E-state index contributed by atoms with van der Waals surface area (Å²) in [6.07, 6.45) is 4.22. The summed E-state index contributed by atoms with van der Waals surface area (Å²) in [6.45, 7) is 14.1. The molecular formula is C18H35N7. The van der Waals surface area contributed by atoms with Crippen molar-refractivity contribution in [1.82, 2.24) is 30.2 Å². The van der Waals surface area contributed by atoms with Crippen molar-refractivity contribution in [2.75, 3.05) is 52.4 Å². The Kier molecular flexibility index (Phi) is 8.76. The molecule has 7 heteroatoms. The number of hydrogen-bond donors (Lipinski definition) is 2. The van der Waals surface area contributed by atoms with Crippen LogP contribution >= 0.6 is 0 Å². The van der Waals surface area contributed by atoms with Gasteiger partial charge in [0.25, 0.3) is 0 Å². The van der Waals surface area contributed by atoms with Gasteiger partial charge in [-0.05, 0) is 38.9 Å². The highest BCUT2D eigenvalue weighted by molar-refractivity contribution is 5.79. The fourth-order valence-corrected chi connectivity index (χ4v) is 3.05. The van der Waals surface area contributed by atoms with E-state index in [4.69, 9.17) is 0 Å². The third-order valence-corrected chi connectivity index (χ3v) is 4.77. The third-order valence-electron chi connectivity index (χ3n) is 4.77. The van der Waals surface area contributed by atoms with Gasteiger partial charge in [-0.1, -0.05) is 6.92 Å². The molecule has 0 unspecified atom stereocenters. The van der Waals surface area contributed by atoms with E-state index in [9.17, 15) is 0 Å². The average molecular weight is 350 g/mol. The Balaban J connectivity index is 1.62. The smallest absolute Gasteiger partial charge is 0.191 e. The highest BCUT2D eigenvalue weighted by Crippen LogP contribution is 2.03. The molecule has 1 fully saturated rings. The maximum atomic E-state index is 4.64. The van der Waals surface area contributed by atoms with Crippen molar-refractivity contribution in [2.24, 2.45) is 12.0 Å². The van der Waals surface area contributed by atoms with Gasteiger partial charge in [-0.3, -0.25) is 4.68 Å². The van der Waals surface area contributed by atoms with Crippen molar-refractivity contribution in [1.29, 1.82) is 0 Å². The zero-order chi connectivity index (χ0) is 17.9. The van der Waals surface area contributed by atoms with Gasteiger partial charge in [0, 0.05) is 52.5 Å². The van der Waals surface area contributed by atoms with Crippen LogP contribution in [0.1, 0.15) is 32.4 Å². The van der Waals surface area contributed by atoms with Gasteiger partial charge in [-0.15, -0.1) is 0 Å². The summed E-state index contributed by atoms with van der Waals surface area (Å²) < 4.78 is 1.87. The minimum Gasteiger partial charge on any atom is -0.357 e. The lowest BCUT2D eigenvalue weighted by atomic mass is 10.2. The molecule has 25 heavy (non-hydrogen) atoms. The molecule has 0 aromatic carbocycles. The summed E-state index contributed by atoms with van der Waals surface area (Å²) in [5.41, 5.74) is 1.11. The second-order valence-electron chi connectivity index (χ2n) is 6.55. The van der Waals surface area contributed by atoms with Gasteiger partial charge >= 0.3 is 0 Å². The largest absolute Gasteiger partial charge is 0.357 e. The third kappa shape index (κ3) is 7.04. The van der Waals surface area contributed by atoms with Crippen molar-refractivity contribution in [3.8, 4) is 0 Å². The molecule has 0 saturated carbocycles. The molecule has 1 aliphatic heterocycles. The van der Waals surface area contributed by atoms with Crippen LogP contribution in [0.15, 0.2) is 17.3 Å². The summed E-state index contributed by atoms with van der Waals surface area (Å²) in [4.78, 5) is 9.76. The van der Waals surface area contributed by atoms with Gasteiger partial charge in [0.2, 0.25) is 0 Å². The number of aromatic nitrogens is 2. The summed E-state index contributed by atoms with van der Waals surface area (Å²) in [7, 11) is 1.95. The van der Waals surface area contributed by atoms with Crippen LogP contribution in [0.4, 0.5) is 0 Å². The van der Waals surface area contributed by atoms with E-state index < -0.39 is 0 Å². The van der Waals surface area contributed by atoms with Gasteiger partial charge in [-0.2, -0.15) is 5.10 Å². The highest BCUT2D eigenvalue weighted by Gasteiger charge is 2.14. The number of nitrogens with zero attached hydrogens (tertiary/aromatic N) is 5. The average Bonchev–Trinajstić information content (AvgIpc) is 3.04.